The molecule has 3 aromatic rings. The van der Waals surface area contributed by atoms with Crippen LogP contribution in [0.15, 0.2) is 24.5 Å². The third-order valence-corrected chi connectivity index (χ3v) is 7.37. The number of fused-ring (bicyclic) bond motifs is 2. The van der Waals surface area contributed by atoms with Gasteiger partial charge in [-0.15, -0.1) is 11.3 Å². The summed E-state index contributed by atoms with van der Waals surface area (Å²) >= 11 is 1.47. The molecule has 2 aliphatic heterocycles. The molecular weight excluding hydrogens is 412 g/mol. The van der Waals surface area contributed by atoms with Crippen LogP contribution in [0.4, 0.5) is 5.82 Å². The summed E-state index contributed by atoms with van der Waals surface area (Å²) in [5.74, 6) is 2.42. The van der Waals surface area contributed by atoms with Crippen LogP contribution < -0.4 is 14.8 Å². The number of likely N-dealkylation sites (tertiary alicyclic amines) is 1. The van der Waals surface area contributed by atoms with Crippen LogP contribution in [0.5, 0.6) is 11.5 Å². The van der Waals surface area contributed by atoms with E-state index < -0.39 is 0 Å². The first-order valence-electron chi connectivity index (χ1n) is 10.8. The number of rotatable bonds is 5. The number of anilines is 1. The molecule has 1 atom stereocenters. The molecule has 8 heteroatoms. The van der Waals surface area contributed by atoms with Crippen LogP contribution in [0.25, 0.3) is 10.2 Å². The molecule has 2 aliphatic rings. The van der Waals surface area contributed by atoms with Gasteiger partial charge in [-0.25, -0.2) is 9.97 Å². The number of benzene rings is 1. The molecule has 0 radical (unpaired) electrons. The molecule has 31 heavy (non-hydrogen) atoms. The van der Waals surface area contributed by atoms with Crippen LogP contribution in [0, 0.1) is 6.92 Å². The topological polar surface area (TPSA) is 76.6 Å². The van der Waals surface area contributed by atoms with Crippen molar-refractivity contribution in [3.63, 3.8) is 0 Å². The SMILES string of the molecule is CC[C@H]1CCCCN1C(=O)c1sc2ncnc(NCc3ccc4c(c3)OCO4)c2c1C. The number of nitrogens with one attached hydrogen (secondary N) is 1. The van der Waals surface area contributed by atoms with Crippen molar-refractivity contribution in [2.45, 2.75) is 52.1 Å². The van der Waals surface area contributed by atoms with Gasteiger partial charge in [0.15, 0.2) is 11.5 Å². The fourth-order valence-corrected chi connectivity index (χ4v) is 5.57. The van der Waals surface area contributed by atoms with E-state index in [9.17, 15) is 4.79 Å². The van der Waals surface area contributed by atoms with Gasteiger partial charge >= 0.3 is 0 Å². The molecule has 0 saturated carbocycles. The van der Waals surface area contributed by atoms with Crippen molar-refractivity contribution in [2.75, 3.05) is 18.7 Å². The fraction of sp³-hybridized carbons (Fsp3) is 0.435. The number of aromatic nitrogens is 2. The van der Waals surface area contributed by atoms with E-state index in [2.05, 4.69) is 27.1 Å². The highest BCUT2D eigenvalue weighted by Crippen LogP contribution is 2.36. The monoisotopic (exact) mass is 438 g/mol. The van der Waals surface area contributed by atoms with Gasteiger partial charge in [-0.1, -0.05) is 13.0 Å². The molecule has 1 fully saturated rings. The molecule has 5 rings (SSSR count). The minimum Gasteiger partial charge on any atom is -0.454 e. The predicted octanol–water partition coefficient (Wildman–Crippen LogP) is 4.75. The van der Waals surface area contributed by atoms with E-state index in [0.29, 0.717) is 12.6 Å². The van der Waals surface area contributed by atoms with Gasteiger partial charge in [0.1, 0.15) is 17.0 Å². The Balaban J connectivity index is 1.41. The maximum atomic E-state index is 13.4. The summed E-state index contributed by atoms with van der Waals surface area (Å²) in [6, 6.07) is 6.24. The molecule has 2 aromatic heterocycles. The lowest BCUT2D eigenvalue weighted by Crippen LogP contribution is -2.43. The largest absolute Gasteiger partial charge is 0.454 e. The summed E-state index contributed by atoms with van der Waals surface area (Å²) in [7, 11) is 0. The van der Waals surface area contributed by atoms with Gasteiger partial charge in [-0.3, -0.25) is 4.79 Å². The average molecular weight is 439 g/mol. The van der Waals surface area contributed by atoms with Crippen molar-refractivity contribution >= 4 is 33.3 Å². The highest BCUT2D eigenvalue weighted by atomic mass is 32.1. The normalized spacial score (nSPS) is 17.9. The summed E-state index contributed by atoms with van der Waals surface area (Å²) in [6.45, 7) is 5.86. The van der Waals surface area contributed by atoms with Gasteiger partial charge in [-0.05, 0) is 55.9 Å². The quantitative estimate of drug-likeness (QED) is 0.620. The van der Waals surface area contributed by atoms with Crippen molar-refractivity contribution in [2.24, 2.45) is 0 Å². The van der Waals surface area contributed by atoms with Crippen molar-refractivity contribution in [1.82, 2.24) is 14.9 Å². The molecule has 0 spiro atoms. The van der Waals surface area contributed by atoms with Crippen molar-refractivity contribution in [3.05, 3.63) is 40.5 Å². The highest BCUT2D eigenvalue weighted by molar-refractivity contribution is 7.20. The number of thiophene rings is 1. The Bertz CT molecular complexity index is 1130. The van der Waals surface area contributed by atoms with E-state index in [-0.39, 0.29) is 12.7 Å². The third kappa shape index (κ3) is 3.69. The standard InChI is InChI=1S/C23H26N4O3S/c1-3-16-6-4-5-9-27(16)23(28)20-14(2)19-21(25-12-26-22(19)31-20)24-11-15-7-8-17-18(10-15)30-13-29-17/h7-8,10,12,16H,3-6,9,11,13H2,1-2H3,(H,24,25,26)/t16-/m0/s1. The van der Waals surface area contributed by atoms with Crippen LogP contribution in [-0.4, -0.2) is 40.2 Å². The number of hydrogen-bond acceptors (Lipinski definition) is 7. The molecule has 162 valence electrons. The van der Waals surface area contributed by atoms with E-state index in [1.807, 2.05) is 25.1 Å². The lowest BCUT2D eigenvalue weighted by molar-refractivity contribution is 0.0612. The Morgan fingerprint density at radius 2 is 2.13 bits per heavy atom. The Kier molecular flexibility index (Phi) is 5.40. The van der Waals surface area contributed by atoms with Gasteiger partial charge in [0.05, 0.1) is 10.3 Å². The van der Waals surface area contributed by atoms with Crippen LogP contribution in [0.1, 0.15) is 53.4 Å². The van der Waals surface area contributed by atoms with E-state index in [4.69, 9.17) is 9.47 Å². The summed E-state index contributed by atoms with van der Waals surface area (Å²) < 4.78 is 10.9. The first-order valence-corrected chi connectivity index (χ1v) is 11.6. The molecule has 1 aromatic carbocycles. The molecule has 1 N–H and O–H groups in total. The van der Waals surface area contributed by atoms with Crippen LogP contribution in [0.3, 0.4) is 0 Å². The maximum absolute atomic E-state index is 13.4. The van der Waals surface area contributed by atoms with E-state index in [1.54, 1.807) is 6.33 Å². The minimum absolute atomic E-state index is 0.133. The Hall–Kier alpha value is -2.87. The second-order valence-electron chi connectivity index (χ2n) is 8.06. The van der Waals surface area contributed by atoms with Crippen LogP contribution >= 0.6 is 11.3 Å². The second-order valence-corrected chi connectivity index (χ2v) is 9.06. The summed E-state index contributed by atoms with van der Waals surface area (Å²) in [5.41, 5.74) is 2.03. The van der Waals surface area contributed by atoms with Crippen molar-refractivity contribution in [3.8, 4) is 11.5 Å². The zero-order valence-electron chi connectivity index (χ0n) is 17.8. The average Bonchev–Trinajstić information content (AvgIpc) is 3.41. The lowest BCUT2D eigenvalue weighted by Gasteiger charge is -2.35. The molecule has 0 unspecified atom stereocenters. The summed E-state index contributed by atoms with van der Waals surface area (Å²) in [4.78, 5) is 26.0. The number of carbonyl (C=O) groups excluding carboxylic acids is 1. The number of carbonyl (C=O) groups is 1. The molecule has 1 amide bonds. The summed E-state index contributed by atoms with van der Waals surface area (Å²) in [6.07, 6.45) is 5.93. The fourth-order valence-electron chi connectivity index (χ4n) is 4.47. The van der Waals surface area contributed by atoms with Gasteiger partial charge in [0.25, 0.3) is 5.91 Å². The summed E-state index contributed by atoms with van der Waals surface area (Å²) in [5, 5.41) is 4.35. The zero-order valence-corrected chi connectivity index (χ0v) is 18.6. The number of hydrogen-bond donors (Lipinski definition) is 1. The number of amides is 1. The first-order chi connectivity index (χ1) is 15.2. The lowest BCUT2D eigenvalue weighted by atomic mass is 9.99. The Morgan fingerprint density at radius 3 is 3.00 bits per heavy atom. The number of nitrogens with zero attached hydrogens (tertiary/aromatic N) is 3. The van der Waals surface area contributed by atoms with Crippen molar-refractivity contribution in [1.29, 1.82) is 0 Å². The minimum atomic E-state index is 0.133. The first kappa shape index (κ1) is 20.1. The molecule has 7 nitrogen and oxygen atoms in total. The Labute approximate surface area is 185 Å². The van der Waals surface area contributed by atoms with Gasteiger partial charge in [-0.2, -0.15) is 0 Å². The van der Waals surface area contributed by atoms with Gasteiger partial charge in [0.2, 0.25) is 6.79 Å². The Morgan fingerprint density at radius 1 is 1.26 bits per heavy atom. The highest BCUT2D eigenvalue weighted by Gasteiger charge is 2.29. The third-order valence-electron chi connectivity index (χ3n) is 6.18. The predicted molar refractivity (Wildman–Crippen MR) is 121 cm³/mol. The maximum Gasteiger partial charge on any atom is 0.264 e. The second kappa shape index (κ2) is 8.34. The van der Waals surface area contributed by atoms with E-state index >= 15 is 0 Å². The molecule has 0 bridgehead atoms. The van der Waals surface area contributed by atoms with Gasteiger partial charge in [0, 0.05) is 19.1 Å². The van der Waals surface area contributed by atoms with Crippen LogP contribution in [-0.2, 0) is 6.54 Å². The molecule has 1 saturated heterocycles. The van der Waals surface area contributed by atoms with E-state index in [0.717, 1.165) is 69.3 Å². The zero-order chi connectivity index (χ0) is 21.4. The molecular formula is C23H26N4O3S. The number of piperidine rings is 1. The number of aryl methyl sites for hydroxylation is 1. The number of ether oxygens (including phenoxy) is 2. The van der Waals surface area contributed by atoms with E-state index in [1.165, 1.54) is 17.8 Å². The molecule has 4 heterocycles. The molecule has 0 aliphatic carbocycles. The van der Waals surface area contributed by atoms with Crippen LogP contribution in [0.2, 0.25) is 0 Å². The smallest absolute Gasteiger partial charge is 0.264 e. The van der Waals surface area contributed by atoms with Crippen molar-refractivity contribution < 1.29 is 14.3 Å². The van der Waals surface area contributed by atoms with Gasteiger partial charge < -0.3 is 19.7 Å².